The van der Waals surface area contributed by atoms with Crippen LogP contribution in [0.4, 0.5) is 0 Å². The first kappa shape index (κ1) is 7.17. The molecule has 0 aliphatic rings. The molecular formula is C2H3N4Y-. The average Bonchev–Trinajstić information content (AvgIpc) is 1.86. The Morgan fingerprint density at radius 1 is 1.57 bits per heavy atom. The largest absolute Gasteiger partial charge is 0.410 e. The van der Waals surface area contributed by atoms with Crippen LogP contribution in [0.25, 0.3) is 0 Å². The van der Waals surface area contributed by atoms with E-state index in [9.17, 15) is 0 Å². The van der Waals surface area contributed by atoms with Crippen molar-refractivity contribution in [2.75, 3.05) is 0 Å². The number of tetrazole rings is 1. The van der Waals surface area contributed by atoms with E-state index < -0.39 is 0 Å². The van der Waals surface area contributed by atoms with Crippen molar-refractivity contribution in [1.82, 2.24) is 20.2 Å². The molecule has 0 aromatic carbocycles. The first-order valence-corrected chi connectivity index (χ1v) is 1.49. The van der Waals surface area contributed by atoms with Crippen molar-refractivity contribution < 1.29 is 32.7 Å². The van der Waals surface area contributed by atoms with Crippen molar-refractivity contribution in [3.63, 3.8) is 0 Å². The van der Waals surface area contributed by atoms with E-state index in [4.69, 9.17) is 0 Å². The molecule has 0 aliphatic heterocycles. The van der Waals surface area contributed by atoms with Gasteiger partial charge in [-0.1, -0.05) is 10.4 Å². The topological polar surface area (TPSA) is 43.6 Å². The third-order valence-corrected chi connectivity index (χ3v) is 0.408. The quantitative estimate of drug-likeness (QED) is 0.472. The third-order valence-electron chi connectivity index (χ3n) is 0.408. The predicted octanol–water partition coefficient (Wildman–Crippen LogP) is -0.992. The number of nitrogens with zero attached hydrogens (tertiary/aromatic N) is 4. The normalized spacial score (nSPS) is 7.57. The molecule has 0 fully saturated rings. The van der Waals surface area contributed by atoms with Crippen LogP contribution in [-0.4, -0.2) is 20.2 Å². The Hall–Kier alpha value is 0.174. The van der Waals surface area contributed by atoms with E-state index in [-0.39, 0.29) is 32.7 Å². The molecule has 1 aromatic rings. The van der Waals surface area contributed by atoms with E-state index >= 15 is 0 Å². The van der Waals surface area contributed by atoms with Gasteiger partial charge >= 0.3 is 0 Å². The second kappa shape index (κ2) is 3.21. The van der Waals surface area contributed by atoms with Gasteiger partial charge < -0.3 is 9.78 Å². The molecule has 35 valence electrons. The van der Waals surface area contributed by atoms with Crippen molar-refractivity contribution in [3.8, 4) is 0 Å². The third kappa shape index (κ3) is 2.09. The van der Waals surface area contributed by atoms with Gasteiger partial charge in [0.1, 0.15) is 0 Å². The van der Waals surface area contributed by atoms with E-state index in [1.807, 2.05) is 0 Å². The Bertz CT molecular complexity index is 113. The zero-order valence-corrected chi connectivity index (χ0v) is 6.70. The standard InChI is InChI=1S/C2H3N4.Y/c1-6-2-3-4-5-6;/h1H3;/q-1;. The fourth-order valence-electron chi connectivity index (χ4n) is 0.185. The average molecular weight is 172 g/mol. The molecule has 1 aromatic heterocycles. The number of aryl methyl sites for hydroxylation is 1. The van der Waals surface area contributed by atoms with Crippen molar-refractivity contribution in [3.05, 3.63) is 6.33 Å². The summed E-state index contributed by atoms with van der Waals surface area (Å²) in [6.07, 6.45) is 2.44. The predicted molar refractivity (Wildman–Crippen MR) is 17.6 cm³/mol. The SMILES string of the molecule is Cn1[c-]nnn1.[Y]. The molecule has 1 heterocycles. The summed E-state index contributed by atoms with van der Waals surface area (Å²) in [4.78, 5) is 0. The van der Waals surface area contributed by atoms with Crippen LogP contribution in [0.5, 0.6) is 0 Å². The van der Waals surface area contributed by atoms with E-state index in [1.165, 1.54) is 4.68 Å². The summed E-state index contributed by atoms with van der Waals surface area (Å²) in [6, 6.07) is 0. The van der Waals surface area contributed by atoms with Gasteiger partial charge in [-0.25, -0.2) is 6.33 Å². The van der Waals surface area contributed by atoms with Crippen molar-refractivity contribution in [1.29, 1.82) is 0 Å². The number of rotatable bonds is 0. The van der Waals surface area contributed by atoms with Crippen LogP contribution in [0.3, 0.4) is 0 Å². The molecule has 0 saturated carbocycles. The van der Waals surface area contributed by atoms with Crippen molar-refractivity contribution >= 4 is 0 Å². The van der Waals surface area contributed by atoms with Gasteiger partial charge in [0.05, 0.1) is 0 Å². The number of aromatic nitrogens is 4. The summed E-state index contributed by atoms with van der Waals surface area (Å²) in [5, 5.41) is 9.94. The molecule has 0 bridgehead atoms. The van der Waals surface area contributed by atoms with E-state index in [2.05, 4.69) is 21.9 Å². The first-order chi connectivity index (χ1) is 2.89. The summed E-state index contributed by atoms with van der Waals surface area (Å²) in [7, 11) is 1.71. The molecule has 0 aliphatic carbocycles. The Kier molecular flexibility index (Phi) is 3.29. The second-order valence-corrected chi connectivity index (χ2v) is 0.902. The minimum atomic E-state index is 0. The molecule has 1 radical (unpaired) electrons. The van der Waals surface area contributed by atoms with Crippen LogP contribution in [0.15, 0.2) is 0 Å². The smallest absolute Gasteiger partial charge is 0 e. The van der Waals surface area contributed by atoms with Gasteiger partial charge in [0, 0.05) is 32.7 Å². The van der Waals surface area contributed by atoms with Gasteiger partial charge in [-0.05, 0) is 7.05 Å². The van der Waals surface area contributed by atoms with E-state index in [1.54, 1.807) is 7.05 Å². The Morgan fingerprint density at radius 3 is 2.43 bits per heavy atom. The van der Waals surface area contributed by atoms with Gasteiger partial charge in [-0.15, -0.1) is 0 Å². The Labute approximate surface area is 66.2 Å². The zero-order valence-electron chi connectivity index (χ0n) is 3.87. The summed E-state index contributed by atoms with van der Waals surface area (Å²) in [6.45, 7) is 0. The second-order valence-electron chi connectivity index (χ2n) is 0.902. The minimum absolute atomic E-state index is 0. The fourth-order valence-corrected chi connectivity index (χ4v) is 0.185. The molecule has 0 atom stereocenters. The van der Waals surface area contributed by atoms with Crippen LogP contribution in [-0.2, 0) is 39.8 Å². The van der Waals surface area contributed by atoms with Crippen molar-refractivity contribution in [2.45, 2.75) is 0 Å². The molecule has 0 amide bonds. The fraction of sp³-hybridized carbons (Fsp3) is 0.500. The molecule has 7 heavy (non-hydrogen) atoms. The van der Waals surface area contributed by atoms with Crippen LogP contribution in [0, 0.1) is 6.33 Å². The Morgan fingerprint density at radius 2 is 2.29 bits per heavy atom. The summed E-state index contributed by atoms with van der Waals surface area (Å²) in [5.41, 5.74) is 0. The molecular weight excluding hydrogens is 169 g/mol. The van der Waals surface area contributed by atoms with Gasteiger partial charge in [0.25, 0.3) is 0 Å². The molecule has 4 nitrogen and oxygen atoms in total. The number of hydrogen-bond acceptors (Lipinski definition) is 3. The zero-order chi connectivity index (χ0) is 4.41. The minimum Gasteiger partial charge on any atom is -0.410 e. The van der Waals surface area contributed by atoms with Crippen LogP contribution < -0.4 is 0 Å². The van der Waals surface area contributed by atoms with Crippen LogP contribution in [0.2, 0.25) is 0 Å². The first-order valence-electron chi connectivity index (χ1n) is 1.49. The molecule has 0 spiro atoms. The van der Waals surface area contributed by atoms with Gasteiger partial charge in [0.15, 0.2) is 0 Å². The van der Waals surface area contributed by atoms with Gasteiger partial charge in [0.2, 0.25) is 0 Å². The molecule has 5 heteroatoms. The maximum atomic E-state index is 3.42. The maximum Gasteiger partial charge on any atom is 0 e. The molecule has 0 unspecified atom stereocenters. The molecule has 0 saturated heterocycles. The van der Waals surface area contributed by atoms with Crippen LogP contribution >= 0.6 is 0 Å². The van der Waals surface area contributed by atoms with E-state index in [0.717, 1.165) is 0 Å². The van der Waals surface area contributed by atoms with Crippen molar-refractivity contribution in [2.24, 2.45) is 7.05 Å². The summed E-state index contributed by atoms with van der Waals surface area (Å²) in [5.74, 6) is 0. The molecule has 1 rings (SSSR count). The molecule has 0 N–H and O–H groups in total. The number of hydrogen-bond donors (Lipinski definition) is 0. The summed E-state index contributed by atoms with van der Waals surface area (Å²) >= 11 is 0. The maximum absolute atomic E-state index is 3.42. The van der Waals surface area contributed by atoms with Gasteiger partial charge in [-0.2, -0.15) is 0 Å². The Balaban J connectivity index is 0.000000360. The van der Waals surface area contributed by atoms with Crippen LogP contribution in [0.1, 0.15) is 0 Å². The van der Waals surface area contributed by atoms with Gasteiger partial charge in [-0.3, -0.25) is 0 Å². The summed E-state index contributed by atoms with van der Waals surface area (Å²) < 4.78 is 1.40. The van der Waals surface area contributed by atoms with E-state index in [0.29, 0.717) is 0 Å². The monoisotopic (exact) mass is 172 g/mol.